The Bertz CT molecular complexity index is 1320. The first kappa shape index (κ1) is 20.0. The highest BCUT2D eigenvalue weighted by Crippen LogP contribution is 2.30. The molecule has 1 aromatic heterocycles. The van der Waals surface area contributed by atoms with Gasteiger partial charge < -0.3 is 4.74 Å². The highest BCUT2D eigenvalue weighted by Gasteiger charge is 2.33. The molecule has 5 nitrogen and oxygen atoms in total. The second kappa shape index (κ2) is 8.20. The highest BCUT2D eigenvalue weighted by molar-refractivity contribution is 7.07. The zero-order chi connectivity index (χ0) is 21.3. The van der Waals surface area contributed by atoms with E-state index < -0.39 is 12.0 Å². The molecule has 0 N–H and O–H groups in total. The number of carbonyl (C=O) groups excluding carboxylic acids is 1. The zero-order valence-electron chi connectivity index (χ0n) is 16.5. The Morgan fingerprint density at radius 1 is 1.23 bits per heavy atom. The summed E-state index contributed by atoms with van der Waals surface area (Å²) < 4.78 is 20.8. The van der Waals surface area contributed by atoms with Crippen LogP contribution in [0.5, 0.6) is 0 Å². The van der Waals surface area contributed by atoms with E-state index in [1.807, 2.05) is 30.3 Å². The van der Waals surface area contributed by atoms with Gasteiger partial charge >= 0.3 is 5.97 Å². The van der Waals surface area contributed by atoms with Crippen LogP contribution in [0.4, 0.5) is 4.39 Å². The summed E-state index contributed by atoms with van der Waals surface area (Å²) in [6.07, 6.45) is 1.64. The molecular weight excluding hydrogens is 403 g/mol. The molecule has 0 radical (unpaired) electrons. The van der Waals surface area contributed by atoms with Gasteiger partial charge in [-0.25, -0.2) is 14.2 Å². The molecule has 0 saturated heterocycles. The van der Waals surface area contributed by atoms with Gasteiger partial charge in [-0.1, -0.05) is 53.8 Å². The van der Waals surface area contributed by atoms with Crippen molar-refractivity contribution in [1.82, 2.24) is 4.57 Å². The van der Waals surface area contributed by atoms with Crippen LogP contribution < -0.4 is 14.9 Å². The number of rotatable bonds is 4. The molecule has 7 heteroatoms. The number of thiazole rings is 1. The predicted octanol–water partition coefficient (Wildman–Crippen LogP) is 2.94. The fraction of sp³-hybridized carbons (Fsp3) is 0.174. The van der Waals surface area contributed by atoms with Crippen molar-refractivity contribution < 1.29 is 13.9 Å². The van der Waals surface area contributed by atoms with E-state index in [9.17, 15) is 14.0 Å². The van der Waals surface area contributed by atoms with E-state index in [0.29, 0.717) is 26.2 Å². The van der Waals surface area contributed by atoms with Crippen molar-refractivity contribution in [1.29, 1.82) is 0 Å². The normalized spacial score (nSPS) is 16.2. The third kappa shape index (κ3) is 3.64. The minimum absolute atomic E-state index is 0.223. The third-order valence-electron chi connectivity index (χ3n) is 4.78. The van der Waals surface area contributed by atoms with Crippen LogP contribution in [0.3, 0.4) is 0 Å². The fourth-order valence-corrected chi connectivity index (χ4v) is 4.54. The summed E-state index contributed by atoms with van der Waals surface area (Å²) in [5.41, 5.74) is 1.94. The number of carbonyl (C=O) groups is 1. The first-order valence-electron chi connectivity index (χ1n) is 9.49. The smallest absolute Gasteiger partial charge is 0.338 e. The molecule has 0 spiro atoms. The fourth-order valence-electron chi connectivity index (χ4n) is 3.49. The largest absolute Gasteiger partial charge is 0.463 e. The molecule has 0 fully saturated rings. The predicted molar refractivity (Wildman–Crippen MR) is 113 cm³/mol. The summed E-state index contributed by atoms with van der Waals surface area (Å²) in [6.45, 7) is 3.70. The van der Waals surface area contributed by atoms with Gasteiger partial charge in [0.1, 0.15) is 5.82 Å². The van der Waals surface area contributed by atoms with Crippen LogP contribution >= 0.6 is 11.3 Å². The molecule has 2 heterocycles. The average molecular weight is 422 g/mol. The van der Waals surface area contributed by atoms with Crippen LogP contribution in [0.2, 0.25) is 0 Å². The molecule has 2 aromatic carbocycles. The number of allylic oxidation sites excluding steroid dienone is 1. The number of halogens is 1. The first-order valence-corrected chi connectivity index (χ1v) is 10.3. The van der Waals surface area contributed by atoms with E-state index in [1.54, 1.807) is 32.1 Å². The number of benzene rings is 2. The molecule has 4 rings (SSSR count). The van der Waals surface area contributed by atoms with Gasteiger partial charge in [0, 0.05) is 0 Å². The van der Waals surface area contributed by atoms with Crippen LogP contribution in [0, 0.1) is 5.82 Å². The van der Waals surface area contributed by atoms with E-state index in [0.717, 1.165) is 5.56 Å². The van der Waals surface area contributed by atoms with E-state index >= 15 is 0 Å². The summed E-state index contributed by atoms with van der Waals surface area (Å²) in [5, 5.41) is 0. The number of esters is 1. The van der Waals surface area contributed by atoms with E-state index in [-0.39, 0.29) is 18.0 Å². The summed E-state index contributed by atoms with van der Waals surface area (Å²) in [7, 11) is 0. The standard InChI is InChI=1S/C23H19FN2O3S/c1-3-29-22(28)19-14(2)25-23-26(20(19)16-9-5-4-6-10-16)21(27)18(30-23)13-15-8-7-11-17(24)12-15/h4-13,20H,3H2,1-2H3/b18-13+/t20-/m1/s1. The molecule has 3 aromatic rings. The lowest BCUT2D eigenvalue weighted by Gasteiger charge is -2.24. The lowest BCUT2D eigenvalue weighted by atomic mass is 9.96. The molecule has 0 amide bonds. The third-order valence-corrected chi connectivity index (χ3v) is 5.76. The van der Waals surface area contributed by atoms with Crippen molar-refractivity contribution in [2.45, 2.75) is 19.9 Å². The number of aromatic nitrogens is 1. The first-order chi connectivity index (χ1) is 14.5. The average Bonchev–Trinajstić information content (AvgIpc) is 3.02. The van der Waals surface area contributed by atoms with Gasteiger partial charge in [-0.3, -0.25) is 9.36 Å². The van der Waals surface area contributed by atoms with Crippen LogP contribution in [-0.2, 0) is 9.53 Å². The molecule has 0 bridgehead atoms. The van der Waals surface area contributed by atoms with Gasteiger partial charge in [0.05, 0.1) is 28.5 Å². The second-order valence-electron chi connectivity index (χ2n) is 6.77. The zero-order valence-corrected chi connectivity index (χ0v) is 17.3. The van der Waals surface area contributed by atoms with Crippen molar-refractivity contribution in [3.05, 3.63) is 102 Å². The van der Waals surface area contributed by atoms with E-state index in [4.69, 9.17) is 4.74 Å². The van der Waals surface area contributed by atoms with Gasteiger partial charge in [-0.05, 0) is 43.2 Å². The Morgan fingerprint density at radius 2 is 2.00 bits per heavy atom. The number of ether oxygens (including phenoxy) is 1. The SMILES string of the molecule is CCOC(=O)C1=C(C)N=c2s/c(=C/c3cccc(F)c3)c(=O)n2[C@@H]1c1ccccc1. The molecule has 0 unspecified atom stereocenters. The second-order valence-corrected chi connectivity index (χ2v) is 7.78. The Kier molecular flexibility index (Phi) is 5.46. The number of hydrogen-bond acceptors (Lipinski definition) is 5. The maximum Gasteiger partial charge on any atom is 0.338 e. The van der Waals surface area contributed by atoms with Crippen LogP contribution in [0.25, 0.3) is 6.08 Å². The minimum Gasteiger partial charge on any atom is -0.463 e. The Hall–Kier alpha value is -3.32. The maximum absolute atomic E-state index is 13.6. The van der Waals surface area contributed by atoms with Crippen molar-refractivity contribution >= 4 is 23.4 Å². The topological polar surface area (TPSA) is 60.7 Å². The Labute approximate surface area is 176 Å². The summed E-state index contributed by atoms with van der Waals surface area (Å²) in [5.74, 6) is -0.869. The van der Waals surface area contributed by atoms with E-state index in [1.165, 1.54) is 28.0 Å². The Balaban J connectivity index is 1.96. The monoisotopic (exact) mass is 422 g/mol. The van der Waals surface area contributed by atoms with Crippen LogP contribution in [-0.4, -0.2) is 17.1 Å². The quantitative estimate of drug-likeness (QED) is 0.608. The van der Waals surface area contributed by atoms with Crippen molar-refractivity contribution in [3.8, 4) is 0 Å². The van der Waals surface area contributed by atoms with E-state index in [2.05, 4.69) is 4.99 Å². The molecular formula is C23H19FN2O3S. The van der Waals surface area contributed by atoms with Crippen molar-refractivity contribution in [2.75, 3.05) is 6.61 Å². The number of nitrogens with zero attached hydrogens (tertiary/aromatic N) is 2. The van der Waals surface area contributed by atoms with Gasteiger partial charge in [0.15, 0.2) is 4.80 Å². The minimum atomic E-state index is -0.642. The molecule has 30 heavy (non-hydrogen) atoms. The van der Waals surface area contributed by atoms with Gasteiger partial charge in [0.25, 0.3) is 5.56 Å². The van der Waals surface area contributed by atoms with Crippen LogP contribution in [0.15, 0.2) is 75.7 Å². The van der Waals surface area contributed by atoms with Gasteiger partial charge in [-0.2, -0.15) is 0 Å². The molecule has 0 saturated carbocycles. The van der Waals surface area contributed by atoms with Crippen molar-refractivity contribution in [3.63, 3.8) is 0 Å². The molecule has 0 aliphatic carbocycles. The molecule has 1 aliphatic rings. The Morgan fingerprint density at radius 3 is 2.70 bits per heavy atom. The molecule has 1 aliphatic heterocycles. The maximum atomic E-state index is 13.6. The lowest BCUT2D eigenvalue weighted by Crippen LogP contribution is -2.39. The van der Waals surface area contributed by atoms with Gasteiger partial charge in [0.2, 0.25) is 0 Å². The molecule has 152 valence electrons. The summed E-state index contributed by atoms with van der Waals surface area (Å²) in [4.78, 5) is 31.1. The number of hydrogen-bond donors (Lipinski definition) is 0. The summed E-state index contributed by atoms with van der Waals surface area (Å²) in [6, 6.07) is 14.7. The number of fused-ring (bicyclic) bond motifs is 1. The van der Waals surface area contributed by atoms with Crippen molar-refractivity contribution in [2.24, 2.45) is 4.99 Å². The molecule has 1 atom stereocenters. The highest BCUT2D eigenvalue weighted by atomic mass is 32.1. The summed E-state index contributed by atoms with van der Waals surface area (Å²) >= 11 is 1.21. The van der Waals surface area contributed by atoms with Gasteiger partial charge in [-0.15, -0.1) is 0 Å². The van der Waals surface area contributed by atoms with Crippen LogP contribution in [0.1, 0.15) is 31.0 Å². The lowest BCUT2D eigenvalue weighted by molar-refractivity contribution is -0.139.